The van der Waals surface area contributed by atoms with E-state index < -0.39 is 0 Å². The van der Waals surface area contributed by atoms with Gasteiger partial charge in [-0.1, -0.05) is 12.8 Å². The second-order valence-corrected chi connectivity index (χ2v) is 4.77. The number of aliphatic hydroxyl groups is 1. The lowest BCUT2D eigenvalue weighted by Gasteiger charge is -2.30. The number of hydrogen-bond donors (Lipinski definition) is 2. The van der Waals surface area contributed by atoms with Crippen molar-refractivity contribution < 1.29 is 5.11 Å². The van der Waals surface area contributed by atoms with Crippen molar-refractivity contribution in [1.82, 2.24) is 5.32 Å². The molecule has 2 nitrogen and oxygen atoms in total. The highest BCUT2D eigenvalue weighted by atomic mass is 32.2. The van der Waals surface area contributed by atoms with Crippen LogP contribution in [0.1, 0.15) is 25.7 Å². The van der Waals surface area contributed by atoms with Crippen molar-refractivity contribution in [1.29, 1.82) is 0 Å². The van der Waals surface area contributed by atoms with Gasteiger partial charge in [0, 0.05) is 24.9 Å². The van der Waals surface area contributed by atoms with Crippen molar-refractivity contribution >= 4 is 11.8 Å². The fourth-order valence-corrected chi connectivity index (χ4v) is 2.36. The molecule has 78 valence electrons. The van der Waals surface area contributed by atoms with Gasteiger partial charge in [-0.3, -0.25) is 0 Å². The van der Waals surface area contributed by atoms with Crippen LogP contribution in [0.5, 0.6) is 0 Å². The highest BCUT2D eigenvalue weighted by molar-refractivity contribution is 7.98. The zero-order valence-electron chi connectivity index (χ0n) is 8.46. The van der Waals surface area contributed by atoms with Crippen molar-refractivity contribution in [3.8, 4) is 0 Å². The Morgan fingerprint density at radius 2 is 2.15 bits per heavy atom. The van der Waals surface area contributed by atoms with Crippen molar-refractivity contribution in [3.63, 3.8) is 0 Å². The van der Waals surface area contributed by atoms with Crippen molar-refractivity contribution in [3.05, 3.63) is 0 Å². The van der Waals surface area contributed by atoms with E-state index in [0.29, 0.717) is 18.6 Å². The van der Waals surface area contributed by atoms with Gasteiger partial charge in [-0.15, -0.1) is 0 Å². The Kier molecular flexibility index (Phi) is 5.83. The van der Waals surface area contributed by atoms with Gasteiger partial charge in [-0.2, -0.15) is 11.8 Å². The third kappa shape index (κ3) is 3.88. The maximum absolute atomic E-state index is 9.17. The molecule has 0 radical (unpaired) electrons. The molecule has 3 heteroatoms. The zero-order valence-corrected chi connectivity index (χ0v) is 9.28. The molecule has 2 atom stereocenters. The van der Waals surface area contributed by atoms with Crippen LogP contribution in [0, 0.1) is 5.92 Å². The van der Waals surface area contributed by atoms with E-state index in [-0.39, 0.29) is 0 Å². The lowest BCUT2D eigenvalue weighted by molar-refractivity contribution is 0.154. The molecule has 1 aliphatic rings. The van der Waals surface area contributed by atoms with Crippen LogP contribution >= 0.6 is 11.8 Å². The molecule has 1 aliphatic carbocycles. The summed E-state index contributed by atoms with van der Waals surface area (Å²) in [6.45, 7) is 1.44. The standard InChI is InChI=1S/C10H21NOS/c1-13-7-6-11-10-5-3-2-4-9(10)8-12/h9-12H,2-8H2,1H3. The van der Waals surface area contributed by atoms with Gasteiger partial charge in [0.25, 0.3) is 0 Å². The van der Waals surface area contributed by atoms with Crippen LogP contribution in [-0.4, -0.2) is 36.3 Å². The molecule has 2 N–H and O–H groups in total. The first kappa shape index (κ1) is 11.3. The van der Waals surface area contributed by atoms with Crippen LogP contribution < -0.4 is 5.32 Å². The molecule has 0 bridgehead atoms. The minimum absolute atomic E-state index is 0.358. The normalized spacial score (nSPS) is 29.1. The Hall–Kier alpha value is 0.270. The van der Waals surface area contributed by atoms with Gasteiger partial charge in [0.05, 0.1) is 0 Å². The molecule has 0 aliphatic heterocycles. The lowest BCUT2D eigenvalue weighted by atomic mass is 9.85. The average molecular weight is 203 g/mol. The molecule has 0 aromatic rings. The molecule has 1 rings (SSSR count). The van der Waals surface area contributed by atoms with Gasteiger partial charge in [-0.25, -0.2) is 0 Å². The van der Waals surface area contributed by atoms with Gasteiger partial charge >= 0.3 is 0 Å². The minimum atomic E-state index is 0.358. The second kappa shape index (κ2) is 6.68. The SMILES string of the molecule is CSCCNC1CCCCC1CO. The first-order chi connectivity index (χ1) is 6.38. The molecule has 13 heavy (non-hydrogen) atoms. The summed E-state index contributed by atoms with van der Waals surface area (Å²) < 4.78 is 0. The van der Waals surface area contributed by atoms with Crippen LogP contribution in [0.4, 0.5) is 0 Å². The topological polar surface area (TPSA) is 32.3 Å². The molecule has 0 amide bonds. The van der Waals surface area contributed by atoms with Gasteiger partial charge in [0.2, 0.25) is 0 Å². The molecule has 2 unspecified atom stereocenters. The molecule has 0 saturated heterocycles. The summed E-state index contributed by atoms with van der Waals surface area (Å²) in [5.74, 6) is 1.69. The molecule has 1 fully saturated rings. The highest BCUT2D eigenvalue weighted by Crippen LogP contribution is 2.23. The summed E-state index contributed by atoms with van der Waals surface area (Å²) in [7, 11) is 0. The van der Waals surface area contributed by atoms with Gasteiger partial charge < -0.3 is 10.4 Å². The molecular formula is C10H21NOS. The summed E-state index contributed by atoms with van der Waals surface area (Å²) in [5, 5.41) is 12.7. The minimum Gasteiger partial charge on any atom is -0.396 e. The third-order valence-corrected chi connectivity index (χ3v) is 3.47. The van der Waals surface area contributed by atoms with E-state index in [0.717, 1.165) is 6.54 Å². The Morgan fingerprint density at radius 3 is 2.85 bits per heavy atom. The fraction of sp³-hybridized carbons (Fsp3) is 1.00. The Balaban J connectivity index is 2.19. The Labute approximate surface area is 85.5 Å². The van der Waals surface area contributed by atoms with E-state index in [2.05, 4.69) is 11.6 Å². The van der Waals surface area contributed by atoms with Crippen LogP contribution in [0.2, 0.25) is 0 Å². The summed E-state index contributed by atoms with van der Waals surface area (Å²) in [5.41, 5.74) is 0. The average Bonchev–Trinajstić information content (AvgIpc) is 2.19. The summed E-state index contributed by atoms with van der Waals surface area (Å²) in [4.78, 5) is 0. The van der Waals surface area contributed by atoms with Gasteiger partial charge in [0.15, 0.2) is 0 Å². The van der Waals surface area contributed by atoms with Crippen molar-refractivity contribution in [2.75, 3.05) is 25.2 Å². The molecule has 0 spiro atoms. The molecular weight excluding hydrogens is 182 g/mol. The van der Waals surface area contributed by atoms with Crippen molar-refractivity contribution in [2.24, 2.45) is 5.92 Å². The Morgan fingerprint density at radius 1 is 1.38 bits per heavy atom. The maximum atomic E-state index is 9.17. The van der Waals surface area contributed by atoms with Crippen LogP contribution in [0.3, 0.4) is 0 Å². The predicted octanol–water partition coefficient (Wildman–Crippen LogP) is 1.49. The van der Waals surface area contributed by atoms with Crippen LogP contribution in [0.25, 0.3) is 0 Å². The number of rotatable bonds is 5. The Bertz CT molecular complexity index is 132. The van der Waals surface area contributed by atoms with Crippen LogP contribution in [0.15, 0.2) is 0 Å². The van der Waals surface area contributed by atoms with Crippen molar-refractivity contribution in [2.45, 2.75) is 31.7 Å². The van der Waals surface area contributed by atoms with E-state index in [1.165, 1.54) is 31.4 Å². The molecule has 1 saturated carbocycles. The first-order valence-corrected chi connectivity index (χ1v) is 6.61. The molecule has 0 heterocycles. The van der Waals surface area contributed by atoms with Gasteiger partial charge in [-0.05, 0) is 25.0 Å². The smallest absolute Gasteiger partial charge is 0.0474 e. The van der Waals surface area contributed by atoms with Gasteiger partial charge in [0.1, 0.15) is 0 Å². The quantitative estimate of drug-likeness (QED) is 0.664. The first-order valence-electron chi connectivity index (χ1n) is 5.21. The van der Waals surface area contributed by atoms with E-state index in [1.807, 2.05) is 11.8 Å². The molecule has 0 aromatic heterocycles. The second-order valence-electron chi connectivity index (χ2n) is 3.78. The summed E-state index contributed by atoms with van der Waals surface area (Å²) >= 11 is 1.87. The number of nitrogens with one attached hydrogen (secondary N) is 1. The molecule has 0 aromatic carbocycles. The monoisotopic (exact) mass is 203 g/mol. The zero-order chi connectivity index (χ0) is 9.52. The summed E-state index contributed by atoms with van der Waals surface area (Å²) in [6, 6.07) is 0.575. The van der Waals surface area contributed by atoms with E-state index >= 15 is 0 Å². The lowest BCUT2D eigenvalue weighted by Crippen LogP contribution is -2.41. The van der Waals surface area contributed by atoms with Crippen LogP contribution in [-0.2, 0) is 0 Å². The van der Waals surface area contributed by atoms with E-state index in [4.69, 9.17) is 0 Å². The largest absolute Gasteiger partial charge is 0.396 e. The number of hydrogen-bond acceptors (Lipinski definition) is 3. The summed E-state index contributed by atoms with van der Waals surface area (Å²) in [6.07, 6.45) is 7.21. The van der Waals surface area contributed by atoms with E-state index in [1.54, 1.807) is 0 Å². The third-order valence-electron chi connectivity index (χ3n) is 2.86. The number of aliphatic hydroxyl groups excluding tert-OH is 1. The number of thioether (sulfide) groups is 1. The fourth-order valence-electron chi connectivity index (χ4n) is 2.04. The highest BCUT2D eigenvalue weighted by Gasteiger charge is 2.23. The maximum Gasteiger partial charge on any atom is 0.0474 e. The predicted molar refractivity (Wildman–Crippen MR) is 59.2 cm³/mol. The van der Waals surface area contributed by atoms with E-state index in [9.17, 15) is 5.11 Å².